The van der Waals surface area contributed by atoms with Crippen molar-refractivity contribution >= 4 is 15.9 Å². The Hall–Kier alpha value is -0.780. The second kappa shape index (κ2) is 8.40. The summed E-state index contributed by atoms with van der Waals surface area (Å²) in [5.41, 5.74) is 1.10. The molecular weight excluding hydrogens is 308 g/mol. The summed E-state index contributed by atoms with van der Waals surface area (Å²) in [6.45, 7) is 2.84. The van der Waals surface area contributed by atoms with Crippen molar-refractivity contribution in [3.63, 3.8) is 0 Å². The average molecular weight is 331 g/mol. The van der Waals surface area contributed by atoms with E-state index in [0.29, 0.717) is 0 Å². The molecule has 19 heavy (non-hydrogen) atoms. The summed E-state index contributed by atoms with van der Waals surface area (Å²) in [4.78, 5) is 2.18. The number of hydrogen-bond acceptors (Lipinski definition) is 4. The van der Waals surface area contributed by atoms with E-state index in [4.69, 9.17) is 9.47 Å². The molecule has 0 saturated heterocycles. The van der Waals surface area contributed by atoms with E-state index in [1.165, 1.54) is 0 Å². The van der Waals surface area contributed by atoms with Gasteiger partial charge in [-0.1, -0.05) is 15.9 Å². The van der Waals surface area contributed by atoms with Crippen LogP contribution in [-0.2, 0) is 6.54 Å². The Morgan fingerprint density at radius 2 is 1.95 bits per heavy atom. The topological polar surface area (TPSA) is 33.7 Å². The van der Waals surface area contributed by atoms with Crippen LogP contribution < -0.4 is 14.8 Å². The Labute approximate surface area is 124 Å². The maximum absolute atomic E-state index is 5.42. The lowest BCUT2D eigenvalue weighted by Crippen LogP contribution is -2.21. The molecule has 1 N–H and O–H groups in total. The van der Waals surface area contributed by atoms with E-state index in [-0.39, 0.29) is 0 Å². The van der Waals surface area contributed by atoms with Gasteiger partial charge in [0.2, 0.25) is 0 Å². The standard InChI is InChI=1S/C14H23BrN2O2/c1-17(2)7-5-6-16-10-11-8-12(15)9-13(18-3)14(11)19-4/h8-9,16H,5-7,10H2,1-4H3. The highest BCUT2D eigenvalue weighted by Gasteiger charge is 2.11. The van der Waals surface area contributed by atoms with Crippen molar-refractivity contribution in [2.75, 3.05) is 41.4 Å². The monoisotopic (exact) mass is 330 g/mol. The molecule has 0 unspecified atom stereocenters. The number of ether oxygens (including phenoxy) is 2. The fraction of sp³-hybridized carbons (Fsp3) is 0.571. The summed E-state index contributed by atoms with van der Waals surface area (Å²) in [6.07, 6.45) is 1.13. The van der Waals surface area contributed by atoms with Gasteiger partial charge in [0.25, 0.3) is 0 Å². The Morgan fingerprint density at radius 3 is 2.53 bits per heavy atom. The molecule has 0 bridgehead atoms. The van der Waals surface area contributed by atoms with Crippen molar-refractivity contribution in [3.8, 4) is 11.5 Å². The quantitative estimate of drug-likeness (QED) is 0.742. The molecule has 4 nitrogen and oxygen atoms in total. The van der Waals surface area contributed by atoms with Gasteiger partial charge in [0.15, 0.2) is 11.5 Å². The van der Waals surface area contributed by atoms with Crippen molar-refractivity contribution < 1.29 is 9.47 Å². The smallest absolute Gasteiger partial charge is 0.165 e. The van der Waals surface area contributed by atoms with Crippen LogP contribution in [0.2, 0.25) is 0 Å². The van der Waals surface area contributed by atoms with Gasteiger partial charge in [-0.3, -0.25) is 0 Å². The fourth-order valence-corrected chi connectivity index (χ4v) is 2.36. The van der Waals surface area contributed by atoms with Gasteiger partial charge in [0.1, 0.15) is 0 Å². The first-order valence-corrected chi connectivity index (χ1v) is 7.13. The highest BCUT2D eigenvalue weighted by atomic mass is 79.9. The molecule has 5 heteroatoms. The zero-order valence-corrected chi connectivity index (χ0v) is 13.7. The number of methoxy groups -OCH3 is 2. The summed E-state index contributed by atoms with van der Waals surface area (Å²) in [5, 5.41) is 3.43. The maximum atomic E-state index is 5.42. The highest BCUT2D eigenvalue weighted by molar-refractivity contribution is 9.10. The average Bonchev–Trinajstić information content (AvgIpc) is 2.37. The lowest BCUT2D eigenvalue weighted by atomic mass is 10.2. The van der Waals surface area contributed by atoms with E-state index in [1.807, 2.05) is 6.07 Å². The number of halogens is 1. The van der Waals surface area contributed by atoms with Crippen LogP contribution in [0.4, 0.5) is 0 Å². The van der Waals surface area contributed by atoms with Crippen LogP contribution in [0.15, 0.2) is 16.6 Å². The molecule has 0 saturated carbocycles. The van der Waals surface area contributed by atoms with Crippen LogP contribution >= 0.6 is 15.9 Å². The summed E-state index contributed by atoms with van der Waals surface area (Å²) >= 11 is 3.49. The summed E-state index contributed by atoms with van der Waals surface area (Å²) < 4.78 is 11.7. The van der Waals surface area contributed by atoms with Crippen molar-refractivity contribution in [2.24, 2.45) is 0 Å². The minimum Gasteiger partial charge on any atom is -0.493 e. The molecule has 1 rings (SSSR count). The molecule has 0 atom stereocenters. The van der Waals surface area contributed by atoms with Gasteiger partial charge in [0, 0.05) is 16.6 Å². The number of rotatable bonds is 8. The van der Waals surface area contributed by atoms with E-state index in [2.05, 4.69) is 46.3 Å². The van der Waals surface area contributed by atoms with Crippen LogP contribution in [0, 0.1) is 0 Å². The second-order valence-electron chi connectivity index (χ2n) is 4.63. The van der Waals surface area contributed by atoms with Crippen molar-refractivity contribution in [2.45, 2.75) is 13.0 Å². The van der Waals surface area contributed by atoms with Crippen LogP contribution in [0.5, 0.6) is 11.5 Å². The number of nitrogens with zero attached hydrogens (tertiary/aromatic N) is 1. The van der Waals surface area contributed by atoms with Gasteiger partial charge in [0.05, 0.1) is 14.2 Å². The first kappa shape index (κ1) is 16.3. The maximum Gasteiger partial charge on any atom is 0.165 e. The predicted molar refractivity (Wildman–Crippen MR) is 82.1 cm³/mol. The van der Waals surface area contributed by atoms with Crippen molar-refractivity contribution in [1.82, 2.24) is 10.2 Å². The van der Waals surface area contributed by atoms with Crippen molar-refractivity contribution in [1.29, 1.82) is 0 Å². The molecule has 1 aromatic rings. The molecule has 0 spiro atoms. The Balaban J connectivity index is 2.59. The molecule has 0 fully saturated rings. The van der Waals surface area contributed by atoms with E-state index in [9.17, 15) is 0 Å². The highest BCUT2D eigenvalue weighted by Crippen LogP contribution is 2.34. The molecule has 0 aliphatic carbocycles. The zero-order valence-electron chi connectivity index (χ0n) is 12.1. The molecule has 0 aliphatic rings. The van der Waals surface area contributed by atoms with E-state index in [0.717, 1.165) is 47.6 Å². The Morgan fingerprint density at radius 1 is 1.21 bits per heavy atom. The molecule has 0 heterocycles. The molecule has 0 radical (unpaired) electrons. The first-order valence-electron chi connectivity index (χ1n) is 6.34. The van der Waals surface area contributed by atoms with E-state index in [1.54, 1.807) is 14.2 Å². The molecule has 1 aromatic carbocycles. The van der Waals surface area contributed by atoms with Gasteiger partial charge in [-0.25, -0.2) is 0 Å². The van der Waals surface area contributed by atoms with Gasteiger partial charge >= 0.3 is 0 Å². The SMILES string of the molecule is COc1cc(Br)cc(CNCCCN(C)C)c1OC. The summed E-state index contributed by atoms with van der Waals surface area (Å²) in [6, 6.07) is 3.97. The van der Waals surface area contributed by atoms with Crippen LogP contribution in [-0.4, -0.2) is 46.3 Å². The normalized spacial score (nSPS) is 10.8. The van der Waals surface area contributed by atoms with E-state index >= 15 is 0 Å². The van der Waals surface area contributed by atoms with Gasteiger partial charge in [-0.2, -0.15) is 0 Å². The minimum absolute atomic E-state index is 0.752. The molecule has 0 aromatic heterocycles. The zero-order chi connectivity index (χ0) is 14.3. The number of benzene rings is 1. The fourth-order valence-electron chi connectivity index (χ4n) is 1.88. The Bertz CT molecular complexity index is 397. The van der Waals surface area contributed by atoms with Crippen LogP contribution in [0.1, 0.15) is 12.0 Å². The third-order valence-electron chi connectivity index (χ3n) is 2.79. The molecule has 0 amide bonds. The molecule has 108 valence electrons. The third-order valence-corrected chi connectivity index (χ3v) is 3.25. The summed E-state index contributed by atoms with van der Waals surface area (Å²) in [5.74, 6) is 1.55. The van der Waals surface area contributed by atoms with Crippen molar-refractivity contribution in [3.05, 3.63) is 22.2 Å². The first-order chi connectivity index (χ1) is 9.08. The second-order valence-corrected chi connectivity index (χ2v) is 5.55. The Kier molecular flexibility index (Phi) is 7.20. The minimum atomic E-state index is 0.752. The van der Waals surface area contributed by atoms with Gasteiger partial charge in [-0.05, 0) is 45.7 Å². The largest absolute Gasteiger partial charge is 0.493 e. The number of nitrogens with one attached hydrogen (secondary N) is 1. The summed E-state index contributed by atoms with van der Waals surface area (Å²) in [7, 11) is 7.49. The third kappa shape index (κ3) is 5.38. The number of hydrogen-bond donors (Lipinski definition) is 1. The molecular formula is C14H23BrN2O2. The van der Waals surface area contributed by atoms with Gasteiger partial charge in [-0.15, -0.1) is 0 Å². The predicted octanol–water partition coefficient (Wildman–Crippen LogP) is 2.51. The van der Waals surface area contributed by atoms with Crippen LogP contribution in [0.25, 0.3) is 0 Å². The lowest BCUT2D eigenvalue weighted by molar-refractivity contribution is 0.350. The molecule has 0 aliphatic heterocycles. The van der Waals surface area contributed by atoms with E-state index < -0.39 is 0 Å². The van der Waals surface area contributed by atoms with Gasteiger partial charge < -0.3 is 19.7 Å². The van der Waals surface area contributed by atoms with Crippen LogP contribution in [0.3, 0.4) is 0 Å². The lowest BCUT2D eigenvalue weighted by Gasteiger charge is -2.14.